The molecule has 0 saturated carbocycles. The molecule has 0 aromatic rings. The Morgan fingerprint density at radius 3 is 2.14 bits per heavy atom. The highest BCUT2D eigenvalue weighted by molar-refractivity contribution is 5.75. The van der Waals surface area contributed by atoms with Crippen molar-refractivity contribution in [2.45, 2.75) is 59.9 Å². The van der Waals surface area contributed by atoms with Gasteiger partial charge in [0.15, 0.2) is 0 Å². The Morgan fingerprint density at radius 1 is 1.32 bits per heavy atom. The van der Waals surface area contributed by atoms with Crippen LogP contribution in [0.1, 0.15) is 53.9 Å². The summed E-state index contributed by atoms with van der Waals surface area (Å²) in [7, 11) is 3.58. The van der Waals surface area contributed by atoms with Crippen molar-refractivity contribution < 1.29 is 4.79 Å². The highest BCUT2D eigenvalue weighted by Gasteiger charge is 2.28. The maximum Gasteiger partial charge on any atom is 0.222 e. The Bertz CT molecular complexity index is 328. The topological polar surface area (TPSA) is 73.4 Å². The molecular weight excluding hydrogens is 276 g/mol. The number of carbonyl (C=O) groups is 1. The average molecular weight is 313 g/mol. The molecule has 0 aromatic carbocycles. The monoisotopic (exact) mass is 312 g/mol. The quantitative estimate of drug-likeness (QED) is 0.865. The second-order valence-corrected chi connectivity index (χ2v) is 5.88. The third-order valence-electron chi connectivity index (χ3n) is 3.69. The van der Waals surface area contributed by atoms with Crippen LogP contribution in [0, 0.1) is 16.7 Å². The molecule has 5 heteroatoms. The number of hydrogen-bond donors (Lipinski definition) is 1. The van der Waals surface area contributed by atoms with Crippen LogP contribution in [0.15, 0.2) is 0 Å². The molecule has 2 N–H and O–H groups in total. The Kier molecular flexibility index (Phi) is 13.1. The van der Waals surface area contributed by atoms with Crippen LogP contribution in [-0.4, -0.2) is 55.5 Å². The molecule has 1 fully saturated rings. The van der Waals surface area contributed by atoms with Gasteiger partial charge in [0.1, 0.15) is 0 Å². The van der Waals surface area contributed by atoms with Crippen molar-refractivity contribution in [3.8, 4) is 6.07 Å². The van der Waals surface area contributed by atoms with Crippen molar-refractivity contribution in [2.75, 3.05) is 33.7 Å². The van der Waals surface area contributed by atoms with Crippen molar-refractivity contribution >= 4 is 5.91 Å². The van der Waals surface area contributed by atoms with Crippen LogP contribution >= 0.6 is 0 Å². The molecule has 130 valence electrons. The third-order valence-corrected chi connectivity index (χ3v) is 3.69. The second kappa shape index (κ2) is 12.4. The van der Waals surface area contributed by atoms with E-state index < -0.39 is 0 Å². The van der Waals surface area contributed by atoms with E-state index in [9.17, 15) is 4.79 Å². The van der Waals surface area contributed by atoms with Gasteiger partial charge in [-0.1, -0.05) is 20.8 Å². The first-order valence-electron chi connectivity index (χ1n) is 8.36. The minimum atomic E-state index is -0.300. The van der Waals surface area contributed by atoms with Gasteiger partial charge in [-0.25, -0.2) is 0 Å². The molecule has 0 aliphatic carbocycles. The predicted octanol–water partition coefficient (Wildman–Crippen LogP) is 2.47. The lowest BCUT2D eigenvalue weighted by atomic mass is 9.93. The van der Waals surface area contributed by atoms with E-state index in [0.29, 0.717) is 12.5 Å². The smallest absolute Gasteiger partial charge is 0.222 e. The Balaban J connectivity index is 0. The van der Waals surface area contributed by atoms with Gasteiger partial charge in [-0.3, -0.25) is 4.79 Å². The van der Waals surface area contributed by atoms with Gasteiger partial charge in [-0.05, 0) is 40.8 Å². The van der Waals surface area contributed by atoms with E-state index in [0.717, 1.165) is 32.5 Å². The molecular formula is C17H36N4O. The summed E-state index contributed by atoms with van der Waals surface area (Å²) in [5, 5.41) is 9.06. The summed E-state index contributed by atoms with van der Waals surface area (Å²) in [5.74, 6) is 0.258. The van der Waals surface area contributed by atoms with Gasteiger partial charge < -0.3 is 15.5 Å². The summed E-state index contributed by atoms with van der Waals surface area (Å²) >= 11 is 0. The first kappa shape index (κ1) is 23.2. The van der Waals surface area contributed by atoms with E-state index >= 15 is 0 Å². The lowest BCUT2D eigenvalue weighted by Gasteiger charge is -2.38. The molecule has 1 aliphatic heterocycles. The van der Waals surface area contributed by atoms with Gasteiger partial charge in [-0.2, -0.15) is 5.26 Å². The fraction of sp³-hybridized carbons (Fsp3) is 0.882. The van der Waals surface area contributed by atoms with Gasteiger partial charge in [0.05, 0.1) is 11.5 Å². The van der Waals surface area contributed by atoms with E-state index in [-0.39, 0.29) is 11.3 Å². The number of likely N-dealkylation sites (tertiary alicyclic amines) is 1. The maximum absolute atomic E-state index is 11.6. The first-order chi connectivity index (χ1) is 10.4. The van der Waals surface area contributed by atoms with E-state index in [2.05, 4.69) is 23.8 Å². The summed E-state index contributed by atoms with van der Waals surface area (Å²) in [4.78, 5) is 15.8. The molecule has 1 rings (SSSR count). The molecule has 1 heterocycles. The van der Waals surface area contributed by atoms with E-state index in [1.165, 1.54) is 7.05 Å². The number of piperidine rings is 1. The van der Waals surface area contributed by atoms with Gasteiger partial charge >= 0.3 is 0 Å². The lowest BCUT2D eigenvalue weighted by Crippen LogP contribution is -2.47. The largest absolute Gasteiger partial charge is 0.343 e. The summed E-state index contributed by atoms with van der Waals surface area (Å²) in [6.07, 6.45) is 2.63. The molecule has 0 atom stereocenters. The zero-order chi connectivity index (χ0) is 17.8. The highest BCUT2D eigenvalue weighted by atomic mass is 16.2. The zero-order valence-electron chi connectivity index (χ0n) is 15.6. The summed E-state index contributed by atoms with van der Waals surface area (Å²) in [5.41, 5.74) is 4.20. The first-order valence-corrected chi connectivity index (χ1v) is 8.36. The van der Waals surface area contributed by atoms with E-state index in [4.69, 9.17) is 5.26 Å². The van der Waals surface area contributed by atoms with E-state index in [1.54, 1.807) is 0 Å². The predicted molar refractivity (Wildman–Crippen MR) is 93.4 cm³/mol. The molecule has 1 aliphatic rings. The normalized spacial score (nSPS) is 15.2. The maximum atomic E-state index is 11.6. The van der Waals surface area contributed by atoms with Crippen molar-refractivity contribution in [1.29, 1.82) is 5.26 Å². The van der Waals surface area contributed by atoms with Gasteiger partial charge in [0.25, 0.3) is 0 Å². The van der Waals surface area contributed by atoms with Crippen molar-refractivity contribution in [3.63, 3.8) is 0 Å². The van der Waals surface area contributed by atoms with Crippen LogP contribution in [0.5, 0.6) is 0 Å². The van der Waals surface area contributed by atoms with Crippen LogP contribution in [0.25, 0.3) is 0 Å². The standard InChI is InChI=1S/C14H25N3O.C2H6.CH5N/c1-5-13(18)17-8-6-12(7-9-17)16(4)11-14(2,3)10-15;2*1-2/h12H,5-9,11H2,1-4H3;1-2H3;2H2,1H3. The minimum Gasteiger partial charge on any atom is -0.343 e. The molecule has 0 radical (unpaired) electrons. The van der Waals surface area contributed by atoms with Crippen LogP contribution < -0.4 is 5.73 Å². The second-order valence-electron chi connectivity index (χ2n) is 5.88. The van der Waals surface area contributed by atoms with Gasteiger partial charge in [0, 0.05) is 32.1 Å². The Labute approximate surface area is 137 Å². The van der Waals surface area contributed by atoms with Crippen LogP contribution in [0.2, 0.25) is 0 Å². The molecule has 1 amide bonds. The molecule has 0 unspecified atom stereocenters. The molecule has 0 spiro atoms. The van der Waals surface area contributed by atoms with E-state index in [1.807, 2.05) is 39.5 Å². The Morgan fingerprint density at radius 2 is 1.77 bits per heavy atom. The fourth-order valence-electron chi connectivity index (χ4n) is 2.57. The summed E-state index contributed by atoms with van der Waals surface area (Å²) < 4.78 is 0. The van der Waals surface area contributed by atoms with Crippen molar-refractivity contribution in [3.05, 3.63) is 0 Å². The summed E-state index contributed by atoms with van der Waals surface area (Å²) in [6, 6.07) is 2.84. The van der Waals surface area contributed by atoms with Crippen molar-refractivity contribution in [1.82, 2.24) is 9.80 Å². The fourth-order valence-corrected chi connectivity index (χ4v) is 2.57. The average Bonchev–Trinajstić information content (AvgIpc) is 2.57. The Hall–Kier alpha value is -1.12. The SMILES string of the molecule is CC.CCC(=O)N1CCC(N(C)CC(C)(C)C#N)CC1.CN. The van der Waals surface area contributed by atoms with Crippen molar-refractivity contribution in [2.24, 2.45) is 11.1 Å². The minimum absolute atomic E-state index is 0.258. The van der Waals surface area contributed by atoms with Crippen LogP contribution in [0.3, 0.4) is 0 Å². The molecule has 5 nitrogen and oxygen atoms in total. The number of nitriles is 1. The molecule has 0 bridgehead atoms. The number of rotatable bonds is 4. The summed E-state index contributed by atoms with van der Waals surface area (Å²) in [6.45, 7) is 12.4. The van der Waals surface area contributed by atoms with Crippen LogP contribution in [-0.2, 0) is 4.79 Å². The molecule has 22 heavy (non-hydrogen) atoms. The number of carbonyl (C=O) groups excluding carboxylic acids is 1. The van der Waals surface area contributed by atoms with Gasteiger partial charge in [0.2, 0.25) is 5.91 Å². The van der Waals surface area contributed by atoms with Crippen LogP contribution in [0.4, 0.5) is 0 Å². The zero-order valence-corrected chi connectivity index (χ0v) is 15.6. The number of nitrogens with zero attached hydrogens (tertiary/aromatic N) is 3. The number of amides is 1. The molecule has 1 saturated heterocycles. The highest BCUT2D eigenvalue weighted by Crippen LogP contribution is 2.21. The number of nitrogens with two attached hydrogens (primary N) is 1. The van der Waals surface area contributed by atoms with Gasteiger partial charge in [-0.15, -0.1) is 0 Å². The number of hydrogen-bond acceptors (Lipinski definition) is 4. The molecule has 0 aromatic heterocycles. The lowest BCUT2D eigenvalue weighted by molar-refractivity contribution is -0.132. The third kappa shape index (κ3) is 8.35.